The number of anilines is 1. The highest BCUT2D eigenvalue weighted by atomic mass is 79.9. The topological polar surface area (TPSA) is 38.0 Å². The summed E-state index contributed by atoms with van der Waals surface area (Å²) in [5.74, 6) is 0.598. The van der Waals surface area contributed by atoms with Crippen LogP contribution in [-0.2, 0) is 0 Å². The lowest BCUT2D eigenvalue weighted by Crippen LogP contribution is -2.48. The van der Waals surface area contributed by atoms with Crippen LogP contribution >= 0.6 is 15.9 Å². The van der Waals surface area contributed by atoms with Crippen molar-refractivity contribution < 1.29 is 0 Å². The molecule has 2 rings (SSSR count). The monoisotopic (exact) mass is 310 g/mol. The highest BCUT2D eigenvalue weighted by Crippen LogP contribution is 2.48. The first-order chi connectivity index (χ1) is 8.37. The molecular weight excluding hydrogens is 288 g/mol. The first kappa shape index (κ1) is 13.9. The molecule has 0 saturated heterocycles. The number of halogens is 1. The third-order valence-corrected chi connectivity index (χ3v) is 4.73. The molecule has 2 atom stereocenters. The van der Waals surface area contributed by atoms with Gasteiger partial charge in [-0.1, -0.05) is 36.7 Å². The average Bonchev–Trinajstić information content (AvgIpc) is 2.52. The molecule has 1 aliphatic carbocycles. The lowest BCUT2D eigenvalue weighted by molar-refractivity contribution is 0.350. The number of nitrogens with one attached hydrogen (secondary N) is 1. The molecule has 18 heavy (non-hydrogen) atoms. The maximum absolute atomic E-state index is 6.09. The quantitative estimate of drug-likeness (QED) is 0.885. The first-order valence-electron chi connectivity index (χ1n) is 6.61. The van der Waals surface area contributed by atoms with E-state index in [1.165, 1.54) is 6.42 Å². The zero-order valence-corrected chi connectivity index (χ0v) is 13.0. The first-order valence-corrected chi connectivity index (χ1v) is 7.40. The van der Waals surface area contributed by atoms with E-state index in [1.807, 2.05) is 0 Å². The van der Waals surface area contributed by atoms with Gasteiger partial charge in [0.1, 0.15) is 0 Å². The number of hydrogen-bond acceptors (Lipinski definition) is 2. The third-order valence-electron chi connectivity index (χ3n) is 4.20. The van der Waals surface area contributed by atoms with E-state index >= 15 is 0 Å². The zero-order valence-electron chi connectivity index (χ0n) is 11.5. The van der Waals surface area contributed by atoms with Crippen LogP contribution in [0.25, 0.3) is 0 Å². The molecule has 2 nitrogen and oxygen atoms in total. The Morgan fingerprint density at radius 3 is 2.39 bits per heavy atom. The molecule has 3 heteroatoms. The van der Waals surface area contributed by atoms with E-state index in [-0.39, 0.29) is 5.54 Å². The Morgan fingerprint density at radius 1 is 1.33 bits per heavy atom. The van der Waals surface area contributed by atoms with Crippen molar-refractivity contribution in [2.24, 2.45) is 17.1 Å². The van der Waals surface area contributed by atoms with Crippen LogP contribution in [0.1, 0.15) is 33.6 Å². The molecule has 0 aliphatic heterocycles. The van der Waals surface area contributed by atoms with Gasteiger partial charge in [0.05, 0.1) is 5.54 Å². The standard InChI is InChI=1S/C15H23BrN2/c1-11-8-14(2,3)9-15(11,10-17)18-13-6-4-12(16)5-7-13/h4-7,11,18H,8-10,17H2,1-3H3. The van der Waals surface area contributed by atoms with Crippen LogP contribution in [0.15, 0.2) is 28.7 Å². The van der Waals surface area contributed by atoms with Gasteiger partial charge in [0.25, 0.3) is 0 Å². The van der Waals surface area contributed by atoms with Crippen molar-refractivity contribution in [3.63, 3.8) is 0 Å². The fourth-order valence-corrected chi connectivity index (χ4v) is 3.70. The van der Waals surface area contributed by atoms with Gasteiger partial charge in [-0.2, -0.15) is 0 Å². The summed E-state index contributed by atoms with van der Waals surface area (Å²) < 4.78 is 1.11. The minimum Gasteiger partial charge on any atom is -0.378 e. The molecule has 0 heterocycles. The lowest BCUT2D eigenvalue weighted by atomic mass is 9.86. The van der Waals surface area contributed by atoms with Gasteiger partial charge in [-0.3, -0.25) is 0 Å². The number of benzene rings is 1. The molecule has 0 bridgehead atoms. The highest BCUT2D eigenvalue weighted by molar-refractivity contribution is 9.10. The molecule has 0 radical (unpaired) electrons. The van der Waals surface area contributed by atoms with Crippen LogP contribution in [0.5, 0.6) is 0 Å². The van der Waals surface area contributed by atoms with E-state index in [9.17, 15) is 0 Å². The molecule has 3 N–H and O–H groups in total. The smallest absolute Gasteiger partial charge is 0.0526 e. The lowest BCUT2D eigenvalue weighted by Gasteiger charge is -2.35. The molecule has 1 aromatic carbocycles. The fraction of sp³-hybridized carbons (Fsp3) is 0.600. The van der Waals surface area contributed by atoms with Gasteiger partial charge in [-0.25, -0.2) is 0 Å². The van der Waals surface area contributed by atoms with Crippen molar-refractivity contribution >= 4 is 21.6 Å². The second-order valence-electron chi connectivity index (χ2n) is 6.44. The molecule has 0 amide bonds. The molecule has 0 aromatic heterocycles. The summed E-state index contributed by atoms with van der Waals surface area (Å²) in [4.78, 5) is 0. The SMILES string of the molecule is CC1CC(C)(C)CC1(CN)Nc1ccc(Br)cc1. The molecule has 1 aromatic rings. The number of rotatable bonds is 3. The number of hydrogen-bond donors (Lipinski definition) is 2. The van der Waals surface area contributed by atoms with Crippen LogP contribution in [0.4, 0.5) is 5.69 Å². The summed E-state index contributed by atoms with van der Waals surface area (Å²) in [6, 6.07) is 8.35. The van der Waals surface area contributed by atoms with Crippen LogP contribution in [0, 0.1) is 11.3 Å². The summed E-state index contributed by atoms with van der Waals surface area (Å²) in [5, 5.41) is 3.69. The minimum absolute atomic E-state index is 0.0390. The molecule has 0 spiro atoms. The molecule has 2 unspecified atom stereocenters. The van der Waals surface area contributed by atoms with Crippen molar-refractivity contribution in [3.8, 4) is 0 Å². The normalized spacial score (nSPS) is 30.4. The van der Waals surface area contributed by atoms with E-state index in [4.69, 9.17) is 5.73 Å². The molecule has 1 aliphatic rings. The Morgan fingerprint density at radius 2 is 1.94 bits per heavy atom. The van der Waals surface area contributed by atoms with E-state index in [0.29, 0.717) is 17.9 Å². The van der Waals surface area contributed by atoms with Gasteiger partial charge in [0.2, 0.25) is 0 Å². The predicted molar refractivity (Wildman–Crippen MR) is 81.7 cm³/mol. The van der Waals surface area contributed by atoms with Crippen molar-refractivity contribution in [1.29, 1.82) is 0 Å². The van der Waals surface area contributed by atoms with Gasteiger partial charge in [0, 0.05) is 16.7 Å². The second-order valence-corrected chi connectivity index (χ2v) is 7.35. The molecule has 100 valence electrons. The van der Waals surface area contributed by atoms with Gasteiger partial charge in [-0.15, -0.1) is 0 Å². The van der Waals surface area contributed by atoms with E-state index in [2.05, 4.69) is 66.3 Å². The summed E-state index contributed by atoms with van der Waals surface area (Å²) in [6.07, 6.45) is 2.36. The maximum atomic E-state index is 6.09. The third kappa shape index (κ3) is 2.72. The van der Waals surface area contributed by atoms with Gasteiger partial charge >= 0.3 is 0 Å². The number of nitrogens with two attached hydrogens (primary N) is 1. The van der Waals surface area contributed by atoms with Crippen LogP contribution < -0.4 is 11.1 Å². The largest absolute Gasteiger partial charge is 0.378 e. The summed E-state index contributed by atoms with van der Waals surface area (Å²) in [5.41, 5.74) is 7.66. The summed E-state index contributed by atoms with van der Waals surface area (Å²) in [6.45, 7) is 7.68. The predicted octanol–water partition coefficient (Wildman–Crippen LogP) is 4.01. The fourth-order valence-electron chi connectivity index (χ4n) is 3.44. The Kier molecular flexibility index (Phi) is 3.75. The summed E-state index contributed by atoms with van der Waals surface area (Å²) >= 11 is 3.47. The van der Waals surface area contributed by atoms with Gasteiger partial charge in [0.15, 0.2) is 0 Å². The Bertz CT molecular complexity index is 413. The molecular formula is C15H23BrN2. The zero-order chi connectivity index (χ0) is 13.4. The maximum Gasteiger partial charge on any atom is 0.0526 e. The van der Waals surface area contributed by atoms with E-state index in [0.717, 1.165) is 16.6 Å². The van der Waals surface area contributed by atoms with Crippen LogP contribution in [0.3, 0.4) is 0 Å². The van der Waals surface area contributed by atoms with Crippen LogP contribution in [-0.4, -0.2) is 12.1 Å². The van der Waals surface area contributed by atoms with E-state index in [1.54, 1.807) is 0 Å². The summed E-state index contributed by atoms with van der Waals surface area (Å²) in [7, 11) is 0. The highest BCUT2D eigenvalue weighted by Gasteiger charge is 2.47. The van der Waals surface area contributed by atoms with Crippen LogP contribution in [0.2, 0.25) is 0 Å². The molecule has 1 saturated carbocycles. The molecule has 1 fully saturated rings. The van der Waals surface area contributed by atoms with Gasteiger partial charge < -0.3 is 11.1 Å². The minimum atomic E-state index is 0.0390. The van der Waals surface area contributed by atoms with Crippen molar-refractivity contribution in [3.05, 3.63) is 28.7 Å². The van der Waals surface area contributed by atoms with Crippen molar-refractivity contribution in [2.75, 3.05) is 11.9 Å². The second kappa shape index (κ2) is 4.86. The Labute approximate surface area is 118 Å². The van der Waals surface area contributed by atoms with Crippen molar-refractivity contribution in [2.45, 2.75) is 39.2 Å². The Balaban J connectivity index is 2.21. The van der Waals surface area contributed by atoms with E-state index < -0.39 is 0 Å². The van der Waals surface area contributed by atoms with Crippen molar-refractivity contribution in [1.82, 2.24) is 0 Å². The van der Waals surface area contributed by atoms with Gasteiger partial charge in [-0.05, 0) is 48.4 Å². The Hall–Kier alpha value is -0.540. The average molecular weight is 311 g/mol.